The summed E-state index contributed by atoms with van der Waals surface area (Å²) in [6.07, 6.45) is 19.2. The van der Waals surface area contributed by atoms with Crippen LogP contribution in [0.5, 0.6) is 0 Å². The van der Waals surface area contributed by atoms with Crippen LogP contribution in [0.3, 0.4) is 0 Å². The highest BCUT2D eigenvalue weighted by Crippen LogP contribution is 2.12. The van der Waals surface area contributed by atoms with Crippen LogP contribution in [0.4, 0.5) is 0 Å². The standard InChI is InChI=1S/C21H41NO2/c1-3-4-5-6-7-8-9-10-11-12-13-14-15-18-21(24)22-19-16-17-20(2)23/h3-19H2,1-2H3,(H,22,24). The first-order valence-electron chi connectivity index (χ1n) is 10.4. The highest BCUT2D eigenvalue weighted by molar-refractivity contribution is 5.76. The summed E-state index contributed by atoms with van der Waals surface area (Å²) in [7, 11) is 0. The number of carbonyl (C=O) groups is 2. The van der Waals surface area contributed by atoms with E-state index in [2.05, 4.69) is 12.2 Å². The van der Waals surface area contributed by atoms with Crippen LogP contribution in [-0.2, 0) is 9.59 Å². The van der Waals surface area contributed by atoms with Gasteiger partial charge in [-0.2, -0.15) is 0 Å². The zero-order chi connectivity index (χ0) is 17.9. The van der Waals surface area contributed by atoms with Crippen molar-refractivity contribution in [3.8, 4) is 0 Å². The molecule has 0 atom stereocenters. The smallest absolute Gasteiger partial charge is 0.219 e. The van der Waals surface area contributed by atoms with Crippen molar-refractivity contribution in [2.24, 2.45) is 0 Å². The van der Waals surface area contributed by atoms with Crippen molar-refractivity contribution in [2.45, 2.75) is 117 Å². The summed E-state index contributed by atoms with van der Waals surface area (Å²) in [6, 6.07) is 0. The zero-order valence-corrected chi connectivity index (χ0v) is 16.3. The Bertz CT molecular complexity index is 302. The van der Waals surface area contributed by atoms with E-state index in [1.165, 1.54) is 70.6 Å². The van der Waals surface area contributed by atoms with Gasteiger partial charge in [0.2, 0.25) is 5.91 Å². The van der Waals surface area contributed by atoms with E-state index in [0.29, 0.717) is 19.4 Å². The second kappa shape index (κ2) is 18.5. The van der Waals surface area contributed by atoms with Gasteiger partial charge in [-0.1, -0.05) is 84.0 Å². The van der Waals surface area contributed by atoms with Crippen LogP contribution in [-0.4, -0.2) is 18.2 Å². The quantitative estimate of drug-likeness (QED) is 0.313. The maximum atomic E-state index is 11.6. The van der Waals surface area contributed by atoms with Gasteiger partial charge in [0.1, 0.15) is 5.78 Å². The summed E-state index contributed by atoms with van der Waals surface area (Å²) in [5.41, 5.74) is 0. The van der Waals surface area contributed by atoms with Crippen molar-refractivity contribution in [1.29, 1.82) is 0 Å². The Kier molecular flexibility index (Phi) is 17.8. The van der Waals surface area contributed by atoms with Gasteiger partial charge in [0.05, 0.1) is 0 Å². The van der Waals surface area contributed by atoms with Gasteiger partial charge in [0.15, 0.2) is 0 Å². The third kappa shape index (κ3) is 19.2. The van der Waals surface area contributed by atoms with E-state index in [1.807, 2.05) is 0 Å². The van der Waals surface area contributed by atoms with Gasteiger partial charge in [-0.15, -0.1) is 0 Å². The first kappa shape index (κ1) is 23.1. The molecule has 142 valence electrons. The molecule has 3 heteroatoms. The molecule has 0 bridgehead atoms. The molecule has 0 saturated carbocycles. The van der Waals surface area contributed by atoms with E-state index in [9.17, 15) is 9.59 Å². The van der Waals surface area contributed by atoms with Gasteiger partial charge in [0, 0.05) is 19.4 Å². The minimum atomic E-state index is 0.140. The fourth-order valence-corrected chi connectivity index (χ4v) is 2.96. The summed E-state index contributed by atoms with van der Waals surface area (Å²) in [6.45, 7) is 4.50. The largest absolute Gasteiger partial charge is 0.356 e. The molecule has 0 heterocycles. The number of rotatable bonds is 18. The number of nitrogens with one attached hydrogen (secondary N) is 1. The van der Waals surface area contributed by atoms with E-state index < -0.39 is 0 Å². The lowest BCUT2D eigenvalue weighted by atomic mass is 10.0. The van der Waals surface area contributed by atoms with Crippen molar-refractivity contribution in [3.63, 3.8) is 0 Å². The summed E-state index contributed by atoms with van der Waals surface area (Å²) < 4.78 is 0. The molecule has 0 aliphatic rings. The van der Waals surface area contributed by atoms with Gasteiger partial charge >= 0.3 is 0 Å². The van der Waals surface area contributed by atoms with Gasteiger partial charge in [0.25, 0.3) is 0 Å². The molecule has 0 aromatic heterocycles. The highest BCUT2D eigenvalue weighted by atomic mass is 16.1. The topological polar surface area (TPSA) is 46.2 Å². The second-order valence-electron chi connectivity index (χ2n) is 7.15. The molecule has 0 aliphatic carbocycles. The van der Waals surface area contributed by atoms with Gasteiger partial charge < -0.3 is 10.1 Å². The normalized spacial score (nSPS) is 10.8. The fourth-order valence-electron chi connectivity index (χ4n) is 2.96. The maximum absolute atomic E-state index is 11.6. The molecule has 0 fully saturated rings. The number of carbonyl (C=O) groups excluding carboxylic acids is 2. The zero-order valence-electron chi connectivity index (χ0n) is 16.3. The van der Waals surface area contributed by atoms with E-state index in [0.717, 1.165) is 19.3 Å². The average molecular weight is 340 g/mol. The van der Waals surface area contributed by atoms with Crippen LogP contribution in [0.1, 0.15) is 117 Å². The Morgan fingerprint density at radius 1 is 0.625 bits per heavy atom. The van der Waals surface area contributed by atoms with Crippen LogP contribution >= 0.6 is 0 Å². The molecule has 1 amide bonds. The molecule has 0 saturated heterocycles. The lowest BCUT2D eigenvalue weighted by Gasteiger charge is -2.05. The number of unbranched alkanes of at least 4 members (excludes halogenated alkanes) is 12. The van der Waals surface area contributed by atoms with Crippen LogP contribution in [0.15, 0.2) is 0 Å². The molecule has 3 nitrogen and oxygen atoms in total. The Hall–Kier alpha value is -0.860. The molecule has 0 aliphatic heterocycles. The summed E-state index contributed by atoms with van der Waals surface area (Å²) in [5, 5.41) is 2.89. The summed E-state index contributed by atoms with van der Waals surface area (Å²) in [5.74, 6) is 0.336. The van der Waals surface area contributed by atoms with Crippen molar-refractivity contribution < 1.29 is 9.59 Å². The van der Waals surface area contributed by atoms with Crippen LogP contribution < -0.4 is 5.32 Å². The summed E-state index contributed by atoms with van der Waals surface area (Å²) in [4.78, 5) is 22.4. The van der Waals surface area contributed by atoms with Crippen molar-refractivity contribution >= 4 is 11.7 Å². The van der Waals surface area contributed by atoms with Crippen molar-refractivity contribution in [2.75, 3.05) is 6.54 Å². The third-order valence-electron chi connectivity index (χ3n) is 4.54. The Balaban J connectivity index is 3.14. The van der Waals surface area contributed by atoms with Crippen LogP contribution in [0.2, 0.25) is 0 Å². The SMILES string of the molecule is CCCCCCCCCCCCCCCC(=O)NCCCC(C)=O. The molecule has 1 N–H and O–H groups in total. The molecular formula is C21H41NO2. The monoisotopic (exact) mass is 339 g/mol. The Labute approximate surface area is 150 Å². The second-order valence-corrected chi connectivity index (χ2v) is 7.15. The van der Waals surface area contributed by atoms with E-state index in [1.54, 1.807) is 6.92 Å². The van der Waals surface area contributed by atoms with E-state index in [-0.39, 0.29) is 11.7 Å². The summed E-state index contributed by atoms with van der Waals surface area (Å²) >= 11 is 0. The Morgan fingerprint density at radius 2 is 1.08 bits per heavy atom. The minimum absolute atomic E-state index is 0.140. The molecule has 0 aromatic carbocycles. The molecule has 0 radical (unpaired) electrons. The first-order chi connectivity index (χ1) is 11.7. The molecule has 0 aromatic rings. The Morgan fingerprint density at radius 3 is 1.54 bits per heavy atom. The van der Waals surface area contributed by atoms with Crippen LogP contribution in [0, 0.1) is 0 Å². The van der Waals surface area contributed by atoms with Crippen LogP contribution in [0.25, 0.3) is 0 Å². The van der Waals surface area contributed by atoms with Crippen molar-refractivity contribution in [1.82, 2.24) is 5.32 Å². The fraction of sp³-hybridized carbons (Fsp3) is 0.905. The van der Waals surface area contributed by atoms with Gasteiger partial charge in [-0.25, -0.2) is 0 Å². The third-order valence-corrected chi connectivity index (χ3v) is 4.54. The van der Waals surface area contributed by atoms with Gasteiger partial charge in [-0.3, -0.25) is 4.79 Å². The molecule has 0 unspecified atom stereocenters. The number of hydrogen-bond acceptors (Lipinski definition) is 2. The maximum Gasteiger partial charge on any atom is 0.219 e. The minimum Gasteiger partial charge on any atom is -0.356 e. The first-order valence-corrected chi connectivity index (χ1v) is 10.4. The van der Waals surface area contributed by atoms with Gasteiger partial charge in [-0.05, 0) is 19.8 Å². The molecule has 0 spiro atoms. The van der Waals surface area contributed by atoms with E-state index in [4.69, 9.17) is 0 Å². The lowest BCUT2D eigenvalue weighted by molar-refractivity contribution is -0.121. The molecular weight excluding hydrogens is 298 g/mol. The average Bonchev–Trinajstić information content (AvgIpc) is 2.55. The van der Waals surface area contributed by atoms with E-state index >= 15 is 0 Å². The number of ketones is 1. The number of Topliss-reactive ketones (excluding diaryl/α,β-unsaturated/α-hetero) is 1. The predicted octanol–water partition coefficient (Wildman–Crippen LogP) is 5.95. The molecule has 0 rings (SSSR count). The number of hydrogen-bond donors (Lipinski definition) is 1. The lowest BCUT2D eigenvalue weighted by Crippen LogP contribution is -2.24. The number of amides is 1. The predicted molar refractivity (Wildman–Crippen MR) is 103 cm³/mol. The molecule has 24 heavy (non-hydrogen) atoms. The highest BCUT2D eigenvalue weighted by Gasteiger charge is 2.01. The van der Waals surface area contributed by atoms with Crippen molar-refractivity contribution in [3.05, 3.63) is 0 Å².